The number of aliphatic hydroxyl groups excluding tert-OH is 2. The number of benzene rings is 11. The number of fused-ring (bicyclic) bond motifs is 2. The van der Waals surface area contributed by atoms with E-state index in [0.29, 0.717) is 66.4 Å². The quantitative estimate of drug-likeness (QED) is 0.0529. The maximum atomic E-state index is 16.1. The van der Waals surface area contributed by atoms with Crippen molar-refractivity contribution in [2.75, 3.05) is 0 Å². The van der Waals surface area contributed by atoms with Gasteiger partial charge in [0, 0.05) is 67.1 Å². The number of carboxylic acids is 2. The van der Waals surface area contributed by atoms with Crippen LogP contribution in [0.1, 0.15) is 161 Å². The first kappa shape index (κ1) is 64.4. The fourth-order valence-corrected chi connectivity index (χ4v) is 13.6. The zero-order valence-corrected chi connectivity index (χ0v) is 56.0. The van der Waals surface area contributed by atoms with Crippen LogP contribution in [-0.4, -0.2) is 66.1 Å². The molecule has 2 amide bonds. The van der Waals surface area contributed by atoms with Crippen LogP contribution in [0.4, 0.5) is 0 Å². The maximum absolute atomic E-state index is 16.1. The Bertz CT molecular complexity index is 4540. The number of carbonyl (C=O) groups is 4. The Labute approximate surface area is 558 Å². The highest BCUT2D eigenvalue weighted by molar-refractivity contribution is 6.41. The van der Waals surface area contributed by atoms with Crippen molar-refractivity contribution in [3.05, 3.63) is 238 Å². The van der Waals surface area contributed by atoms with E-state index in [-0.39, 0.29) is 90.5 Å². The third-order valence-electron chi connectivity index (χ3n) is 18.8. The zero-order chi connectivity index (χ0) is 68.2. The van der Waals surface area contributed by atoms with Gasteiger partial charge in [-0.05, 0) is 128 Å². The van der Waals surface area contributed by atoms with E-state index in [1.165, 1.54) is 0 Å². The molecule has 4 atom stereocenters. The number of ether oxygens (including phenoxy) is 4. The topological polar surface area (TPSA) is 193 Å². The molecule has 0 saturated heterocycles. The highest BCUT2D eigenvalue weighted by Gasteiger charge is 2.46. The highest BCUT2D eigenvalue weighted by atomic mass is 16.5. The van der Waals surface area contributed by atoms with E-state index >= 15 is 9.59 Å². The third kappa shape index (κ3) is 11.7. The summed E-state index contributed by atoms with van der Waals surface area (Å²) in [5.74, 6) is -2.37. The van der Waals surface area contributed by atoms with Crippen molar-refractivity contribution < 1.29 is 58.6 Å². The van der Waals surface area contributed by atoms with Crippen LogP contribution in [0.25, 0.3) is 43.1 Å². The summed E-state index contributed by atoms with van der Waals surface area (Å²) in [5.41, 5.74) is 4.59. The Morgan fingerprint density at radius 2 is 0.615 bits per heavy atom. The van der Waals surface area contributed by atoms with Gasteiger partial charge in [-0.25, -0.2) is 9.59 Å². The van der Waals surface area contributed by atoms with E-state index in [2.05, 4.69) is 83.1 Å². The van der Waals surface area contributed by atoms with Crippen LogP contribution in [0.2, 0.25) is 0 Å². The molecule has 0 spiro atoms. The summed E-state index contributed by atoms with van der Waals surface area (Å²) in [4.78, 5) is 61.8. The van der Waals surface area contributed by atoms with E-state index in [1.807, 2.05) is 109 Å². The molecule has 4 unspecified atom stereocenters. The predicted octanol–water partition coefficient (Wildman–Crippen LogP) is 18.4. The summed E-state index contributed by atoms with van der Waals surface area (Å²) >= 11 is 0. The third-order valence-corrected chi connectivity index (χ3v) is 18.8. The summed E-state index contributed by atoms with van der Waals surface area (Å²) in [6.45, 7) is 25.2. The fraction of sp³-hybridized carbons (Fsp3) is 0.268. The zero-order valence-electron chi connectivity index (χ0n) is 56.0. The molecule has 11 aromatic carbocycles. The van der Waals surface area contributed by atoms with Crippen LogP contribution < -0.4 is 18.9 Å². The van der Waals surface area contributed by atoms with Gasteiger partial charge in [0.1, 0.15) is 58.1 Å². The SMILES string of the molecule is CC(C)(C)c1ccc(Oc2cc3c4c(cc(Oc5ccc(C(C)(C)C)cc5)c5c6c(Oc7ccc(C(C)(C)C)cc7)cc7c8c(cc(Oc9ccc(C(C)(C)C)cc9)c(c2c45)c86)C(=O)N(C(Cc2ccccc2)C(=O)O)C7O)C(O)N(C(Cc2ccccc2)C(=O)O)C3=O)cc1. The second-order valence-electron chi connectivity index (χ2n) is 29.5. The number of hydrogen-bond acceptors (Lipinski definition) is 10. The summed E-state index contributed by atoms with van der Waals surface area (Å²) in [7, 11) is 0. The molecule has 96 heavy (non-hydrogen) atoms. The maximum Gasteiger partial charge on any atom is 0.326 e. The van der Waals surface area contributed by atoms with Gasteiger partial charge in [-0.3, -0.25) is 19.4 Å². The number of carboxylic acid groups (broad SMARTS) is 2. The number of hydrogen-bond donors (Lipinski definition) is 4. The van der Waals surface area contributed by atoms with Crippen LogP contribution in [0.5, 0.6) is 46.0 Å². The summed E-state index contributed by atoms with van der Waals surface area (Å²) in [6, 6.07) is 51.6. The van der Waals surface area contributed by atoms with Crippen molar-refractivity contribution in [1.82, 2.24) is 9.80 Å². The molecule has 0 radical (unpaired) electrons. The molecule has 488 valence electrons. The van der Waals surface area contributed by atoms with Crippen molar-refractivity contribution in [2.45, 2.75) is 142 Å². The molecule has 0 fully saturated rings. The fourth-order valence-electron chi connectivity index (χ4n) is 13.6. The van der Waals surface area contributed by atoms with Gasteiger partial charge in [-0.15, -0.1) is 0 Å². The highest BCUT2D eigenvalue weighted by Crippen LogP contribution is 2.60. The van der Waals surface area contributed by atoms with Crippen molar-refractivity contribution >= 4 is 66.8 Å². The van der Waals surface area contributed by atoms with Gasteiger partial charge in [0.05, 0.1) is 11.1 Å². The number of nitrogens with zero attached hydrogens (tertiary/aromatic N) is 2. The van der Waals surface area contributed by atoms with Crippen LogP contribution in [0.15, 0.2) is 182 Å². The molecule has 2 aliphatic heterocycles. The molecule has 0 aliphatic carbocycles. The molecule has 0 aromatic heterocycles. The van der Waals surface area contributed by atoms with Crippen LogP contribution >= 0.6 is 0 Å². The van der Waals surface area contributed by atoms with E-state index in [0.717, 1.165) is 32.1 Å². The molecular weight excluding hydrogens is 1200 g/mol. The Hall–Kier alpha value is -10.3. The van der Waals surface area contributed by atoms with Gasteiger partial charge in [0.25, 0.3) is 11.8 Å². The van der Waals surface area contributed by atoms with Crippen molar-refractivity contribution in [1.29, 1.82) is 0 Å². The van der Waals surface area contributed by atoms with Crippen molar-refractivity contribution in [3.63, 3.8) is 0 Å². The first-order chi connectivity index (χ1) is 45.4. The smallest absolute Gasteiger partial charge is 0.326 e. The molecule has 0 saturated carbocycles. The van der Waals surface area contributed by atoms with E-state index in [9.17, 15) is 30.0 Å². The molecule has 13 rings (SSSR count). The van der Waals surface area contributed by atoms with Crippen LogP contribution in [0, 0.1) is 0 Å². The predicted molar refractivity (Wildman–Crippen MR) is 374 cm³/mol. The lowest BCUT2D eigenvalue weighted by Gasteiger charge is -2.39. The molecule has 2 heterocycles. The average molecular weight is 1280 g/mol. The van der Waals surface area contributed by atoms with Crippen molar-refractivity contribution in [2.24, 2.45) is 0 Å². The summed E-state index contributed by atoms with van der Waals surface area (Å²) in [6.07, 6.45) is -4.09. The molecule has 4 N–H and O–H groups in total. The second kappa shape index (κ2) is 23.9. The monoisotopic (exact) mass is 1280 g/mol. The normalized spacial score (nSPS) is 15.8. The van der Waals surface area contributed by atoms with E-state index in [4.69, 9.17) is 18.9 Å². The minimum absolute atomic E-state index is 0.00546. The lowest BCUT2D eigenvalue weighted by molar-refractivity contribution is -0.147. The molecule has 0 bridgehead atoms. The largest absolute Gasteiger partial charge is 0.480 e. The number of rotatable bonds is 16. The first-order valence-electron chi connectivity index (χ1n) is 32.5. The Morgan fingerprint density at radius 3 is 0.854 bits per heavy atom. The van der Waals surface area contributed by atoms with E-state index in [1.54, 1.807) is 72.8 Å². The van der Waals surface area contributed by atoms with Crippen molar-refractivity contribution in [3.8, 4) is 46.0 Å². The second-order valence-corrected chi connectivity index (χ2v) is 29.5. The molecule has 14 heteroatoms. The molecular formula is C82H78N2O12. The molecule has 14 nitrogen and oxygen atoms in total. The summed E-state index contributed by atoms with van der Waals surface area (Å²) < 4.78 is 29.1. The standard InChI is InChI=1S/C82H78N2O12/c1-79(2,3)47-23-31-51(32-24-47)93-61-41-55-65-56(74(86)83(73(55)85)59(77(89)90)39-45-19-15-13-16-20-45)43-63(95-53-35-27-49(28-36-53)81(7,8)9)69-70-64(96-54-37-29-50(30-38-54)82(10,11)12)44-58-66-57(75(87)84(76(58)88)60(78(91)92)40-46-21-17-14-18-22-46)42-62(68(72(66)70)67(61)71(65)69)94-52-33-25-48(26-34-52)80(4,5)6/h13-38,41-44,59-60,73,75,85,87H,39-40H2,1-12H3,(H,89,90)(H,91,92). The molecule has 11 aromatic rings. The Balaban J connectivity index is 1.22. The van der Waals surface area contributed by atoms with Gasteiger partial charge >= 0.3 is 11.9 Å². The first-order valence-corrected chi connectivity index (χ1v) is 32.5. The van der Waals surface area contributed by atoms with Gasteiger partial charge < -0.3 is 39.4 Å². The molecule has 2 aliphatic rings. The number of carbonyl (C=O) groups excluding carboxylic acids is 2. The summed E-state index contributed by atoms with van der Waals surface area (Å²) in [5, 5.41) is 51.4. The minimum Gasteiger partial charge on any atom is -0.480 e. The van der Waals surface area contributed by atoms with Crippen LogP contribution in [0.3, 0.4) is 0 Å². The number of amides is 2. The minimum atomic E-state index is -1.89. The van der Waals surface area contributed by atoms with E-state index < -0.39 is 48.3 Å². The Kier molecular flexibility index (Phi) is 16.0. The van der Waals surface area contributed by atoms with Gasteiger partial charge in [-0.1, -0.05) is 192 Å². The average Bonchev–Trinajstić information content (AvgIpc) is 0.672. The number of aliphatic hydroxyl groups is 2. The van der Waals surface area contributed by atoms with Crippen LogP contribution in [-0.2, 0) is 44.1 Å². The lowest BCUT2D eigenvalue weighted by Crippen LogP contribution is -2.50. The van der Waals surface area contributed by atoms with Gasteiger partial charge in [0.2, 0.25) is 0 Å². The van der Waals surface area contributed by atoms with Gasteiger partial charge in [-0.2, -0.15) is 0 Å². The Morgan fingerprint density at radius 1 is 0.365 bits per heavy atom. The lowest BCUT2D eigenvalue weighted by atomic mass is 9.80. The van der Waals surface area contributed by atoms with Gasteiger partial charge in [0.15, 0.2) is 12.5 Å². The number of aliphatic carboxylic acids is 2.